The largest absolute Gasteiger partial charge is 0.328 e. The van der Waals surface area contributed by atoms with E-state index in [4.69, 9.17) is 5.73 Å². The highest BCUT2D eigenvalue weighted by molar-refractivity contribution is 7.97. The maximum absolute atomic E-state index is 11.6. The molecule has 17 heavy (non-hydrogen) atoms. The van der Waals surface area contributed by atoms with Crippen LogP contribution in [0.5, 0.6) is 0 Å². The molecule has 1 rings (SSSR count). The lowest BCUT2D eigenvalue weighted by atomic mass is 10.2. The van der Waals surface area contributed by atoms with E-state index in [1.165, 1.54) is 5.56 Å². The normalized spacial score (nSPS) is 12.2. The first-order valence-corrected chi connectivity index (χ1v) is 7.14. The molecule has 1 atom stereocenters. The van der Waals surface area contributed by atoms with Crippen LogP contribution in [-0.2, 0) is 10.5 Å². The van der Waals surface area contributed by atoms with Gasteiger partial charge in [-0.2, -0.15) is 11.8 Å². The Balaban J connectivity index is 2.43. The molecule has 1 amide bonds. The van der Waals surface area contributed by atoms with Crippen molar-refractivity contribution in [2.45, 2.75) is 31.6 Å². The van der Waals surface area contributed by atoms with Crippen LogP contribution >= 0.6 is 11.8 Å². The summed E-state index contributed by atoms with van der Waals surface area (Å²) in [7, 11) is 0. The van der Waals surface area contributed by atoms with Gasteiger partial charge in [0.2, 0.25) is 5.91 Å². The van der Waals surface area contributed by atoms with Crippen molar-refractivity contribution in [3.63, 3.8) is 0 Å². The van der Waals surface area contributed by atoms with E-state index < -0.39 is 0 Å². The van der Waals surface area contributed by atoms with Crippen LogP contribution in [0, 0.1) is 0 Å². The Hall–Kier alpha value is -1.00. The fourth-order valence-corrected chi connectivity index (χ4v) is 1.96. The molecule has 0 aliphatic carbocycles. The van der Waals surface area contributed by atoms with Crippen LogP contribution in [0.1, 0.15) is 25.3 Å². The maximum Gasteiger partial charge on any atom is 0.224 e. The Morgan fingerprint density at radius 1 is 1.41 bits per heavy atom. The van der Waals surface area contributed by atoms with Gasteiger partial charge < -0.3 is 11.1 Å². The summed E-state index contributed by atoms with van der Waals surface area (Å²) in [6.07, 6.45) is 3.27. The van der Waals surface area contributed by atoms with Crippen molar-refractivity contribution < 1.29 is 4.79 Å². The van der Waals surface area contributed by atoms with Crippen molar-refractivity contribution in [1.29, 1.82) is 0 Å². The highest BCUT2D eigenvalue weighted by atomic mass is 32.2. The molecule has 1 aromatic carbocycles. The van der Waals surface area contributed by atoms with Crippen molar-refractivity contribution in [3.05, 3.63) is 29.8 Å². The average molecular weight is 252 g/mol. The number of carbonyl (C=O) groups is 1. The number of nitrogens with one attached hydrogen (secondary N) is 1. The Morgan fingerprint density at radius 3 is 2.59 bits per heavy atom. The van der Waals surface area contributed by atoms with Crippen LogP contribution in [-0.4, -0.2) is 18.2 Å². The molecule has 0 spiro atoms. The molecule has 0 bridgehead atoms. The number of benzene rings is 1. The molecule has 4 heteroatoms. The quantitative estimate of drug-likeness (QED) is 0.818. The lowest BCUT2D eigenvalue weighted by molar-refractivity contribution is -0.116. The van der Waals surface area contributed by atoms with Crippen LogP contribution in [0.4, 0.5) is 5.69 Å². The van der Waals surface area contributed by atoms with Gasteiger partial charge in [-0.15, -0.1) is 0 Å². The minimum Gasteiger partial charge on any atom is -0.328 e. The van der Waals surface area contributed by atoms with Crippen LogP contribution < -0.4 is 11.1 Å². The molecule has 0 radical (unpaired) electrons. The van der Waals surface area contributed by atoms with E-state index in [-0.39, 0.29) is 11.9 Å². The standard InChI is InChI=1S/C13H20N2OS/c1-10(14)3-8-13(16)15-12-6-4-11(5-7-12)9-17-2/h4-7,10H,3,8-9,14H2,1-2H3,(H,15,16). The fraction of sp³-hybridized carbons (Fsp3) is 0.462. The van der Waals surface area contributed by atoms with E-state index in [2.05, 4.69) is 11.6 Å². The van der Waals surface area contributed by atoms with E-state index >= 15 is 0 Å². The third kappa shape index (κ3) is 5.75. The summed E-state index contributed by atoms with van der Waals surface area (Å²) >= 11 is 1.78. The number of amides is 1. The van der Waals surface area contributed by atoms with Gasteiger partial charge in [0.05, 0.1) is 0 Å². The second-order valence-electron chi connectivity index (χ2n) is 4.19. The van der Waals surface area contributed by atoms with Gasteiger partial charge in [-0.25, -0.2) is 0 Å². The molecular weight excluding hydrogens is 232 g/mol. The lowest BCUT2D eigenvalue weighted by Gasteiger charge is -2.07. The van der Waals surface area contributed by atoms with E-state index in [1.54, 1.807) is 11.8 Å². The van der Waals surface area contributed by atoms with Crippen molar-refractivity contribution >= 4 is 23.4 Å². The molecule has 0 fully saturated rings. The van der Waals surface area contributed by atoms with Crippen molar-refractivity contribution in [1.82, 2.24) is 0 Å². The molecule has 1 unspecified atom stereocenters. The molecule has 0 saturated carbocycles. The highest BCUT2D eigenvalue weighted by Gasteiger charge is 2.04. The van der Waals surface area contributed by atoms with Crippen molar-refractivity contribution in [2.75, 3.05) is 11.6 Å². The van der Waals surface area contributed by atoms with Crippen LogP contribution in [0.3, 0.4) is 0 Å². The lowest BCUT2D eigenvalue weighted by Crippen LogP contribution is -2.19. The minimum atomic E-state index is 0.0277. The van der Waals surface area contributed by atoms with Gasteiger partial charge in [-0.1, -0.05) is 12.1 Å². The first-order valence-electron chi connectivity index (χ1n) is 5.75. The Morgan fingerprint density at radius 2 is 2.06 bits per heavy atom. The zero-order valence-corrected chi connectivity index (χ0v) is 11.2. The zero-order chi connectivity index (χ0) is 12.7. The van der Waals surface area contributed by atoms with Crippen LogP contribution in [0.25, 0.3) is 0 Å². The predicted octanol–water partition coefficient (Wildman–Crippen LogP) is 2.62. The third-order valence-corrected chi connectivity index (χ3v) is 3.00. The second kappa shape index (κ2) is 7.35. The summed E-state index contributed by atoms with van der Waals surface area (Å²) in [5.74, 6) is 1.03. The van der Waals surface area contributed by atoms with Crippen molar-refractivity contribution in [2.24, 2.45) is 5.73 Å². The summed E-state index contributed by atoms with van der Waals surface area (Å²) in [5.41, 5.74) is 7.73. The van der Waals surface area contributed by atoms with Gasteiger partial charge in [0.15, 0.2) is 0 Å². The number of thioether (sulfide) groups is 1. The molecular formula is C13H20N2OS. The average Bonchev–Trinajstić information content (AvgIpc) is 2.29. The third-order valence-electron chi connectivity index (χ3n) is 2.38. The molecule has 0 aliphatic heterocycles. The second-order valence-corrected chi connectivity index (χ2v) is 5.06. The van der Waals surface area contributed by atoms with Gasteiger partial charge in [0, 0.05) is 23.9 Å². The first-order chi connectivity index (χ1) is 8.11. The fourth-order valence-electron chi connectivity index (χ4n) is 1.43. The maximum atomic E-state index is 11.6. The van der Waals surface area contributed by atoms with Gasteiger partial charge in [0.1, 0.15) is 0 Å². The first kappa shape index (κ1) is 14.1. The summed E-state index contributed by atoms with van der Waals surface area (Å²) in [6, 6.07) is 8.03. The number of rotatable bonds is 6. The van der Waals surface area contributed by atoms with Crippen LogP contribution in [0.2, 0.25) is 0 Å². The summed E-state index contributed by atoms with van der Waals surface area (Å²) < 4.78 is 0. The molecule has 1 aromatic rings. The Kier molecular flexibility index (Phi) is 6.08. The summed E-state index contributed by atoms with van der Waals surface area (Å²) in [5, 5.41) is 2.87. The van der Waals surface area contributed by atoms with E-state index in [0.717, 1.165) is 17.9 Å². The van der Waals surface area contributed by atoms with Crippen LogP contribution in [0.15, 0.2) is 24.3 Å². The Bertz CT molecular complexity index is 349. The minimum absolute atomic E-state index is 0.0277. The molecule has 94 valence electrons. The summed E-state index contributed by atoms with van der Waals surface area (Å²) in [4.78, 5) is 11.6. The molecule has 3 N–H and O–H groups in total. The zero-order valence-electron chi connectivity index (χ0n) is 10.4. The SMILES string of the molecule is CSCc1ccc(NC(=O)CCC(C)N)cc1. The van der Waals surface area contributed by atoms with Gasteiger partial charge in [-0.3, -0.25) is 4.79 Å². The number of anilines is 1. The highest BCUT2D eigenvalue weighted by Crippen LogP contribution is 2.14. The topological polar surface area (TPSA) is 55.1 Å². The molecule has 0 aliphatic rings. The smallest absolute Gasteiger partial charge is 0.224 e. The molecule has 0 aromatic heterocycles. The van der Waals surface area contributed by atoms with Gasteiger partial charge >= 0.3 is 0 Å². The van der Waals surface area contributed by atoms with Gasteiger partial charge in [-0.05, 0) is 37.3 Å². The molecule has 0 heterocycles. The number of hydrogen-bond acceptors (Lipinski definition) is 3. The number of nitrogens with two attached hydrogens (primary N) is 1. The van der Waals surface area contributed by atoms with E-state index in [0.29, 0.717) is 6.42 Å². The van der Waals surface area contributed by atoms with Crippen molar-refractivity contribution in [3.8, 4) is 0 Å². The molecule has 3 nitrogen and oxygen atoms in total. The molecule has 0 saturated heterocycles. The van der Waals surface area contributed by atoms with Gasteiger partial charge in [0.25, 0.3) is 0 Å². The van der Waals surface area contributed by atoms with E-state index in [1.807, 2.05) is 31.2 Å². The van der Waals surface area contributed by atoms with E-state index in [9.17, 15) is 4.79 Å². The monoisotopic (exact) mass is 252 g/mol. The Labute approximate surface area is 107 Å². The summed E-state index contributed by atoms with van der Waals surface area (Å²) in [6.45, 7) is 1.91. The number of hydrogen-bond donors (Lipinski definition) is 2. The number of carbonyl (C=O) groups excluding carboxylic acids is 1. The predicted molar refractivity (Wildman–Crippen MR) is 75.2 cm³/mol.